The van der Waals surface area contributed by atoms with Gasteiger partial charge in [0.2, 0.25) is 0 Å². The molecule has 0 radical (unpaired) electrons. The molecule has 0 saturated carbocycles. The summed E-state index contributed by atoms with van der Waals surface area (Å²) in [6.07, 6.45) is 0.822. The molecule has 3 heteroatoms. The Kier molecular flexibility index (Phi) is 6.19. The molecule has 0 aromatic heterocycles. The number of nitrogens with zero attached hydrogens (tertiary/aromatic N) is 1. The van der Waals surface area contributed by atoms with Crippen LogP contribution < -0.4 is 5.73 Å². The average molecular weight is 236 g/mol. The predicted octanol–water partition coefficient (Wildman–Crippen LogP) is 1.74. The molecule has 0 aliphatic heterocycles. The lowest BCUT2D eigenvalue weighted by atomic mass is 10.1. The minimum atomic E-state index is 0.252. The smallest absolute Gasteiger partial charge is 0.0443 e. The van der Waals surface area contributed by atoms with E-state index in [0.717, 1.165) is 19.5 Å². The molecule has 0 aliphatic rings. The Balaban J connectivity index is 2.71. The predicted molar refractivity (Wildman–Crippen MR) is 71.6 cm³/mol. The molecule has 1 aromatic carbocycles. The summed E-state index contributed by atoms with van der Waals surface area (Å²) in [5.41, 5.74) is 8.25. The van der Waals surface area contributed by atoms with Crippen LogP contribution in [0.25, 0.3) is 0 Å². The van der Waals surface area contributed by atoms with Crippen LogP contribution in [0.15, 0.2) is 24.3 Å². The summed E-state index contributed by atoms with van der Waals surface area (Å²) >= 11 is 0. The summed E-state index contributed by atoms with van der Waals surface area (Å²) in [4.78, 5) is 2.37. The number of nitrogens with two attached hydrogens (primary N) is 1. The van der Waals surface area contributed by atoms with Crippen molar-refractivity contribution >= 4 is 0 Å². The first kappa shape index (κ1) is 14.2. The second-order valence-corrected chi connectivity index (χ2v) is 4.61. The van der Waals surface area contributed by atoms with Crippen molar-refractivity contribution in [2.24, 2.45) is 5.73 Å². The largest absolute Gasteiger partial charge is 0.396 e. The quantitative estimate of drug-likeness (QED) is 0.758. The van der Waals surface area contributed by atoms with Crippen LogP contribution in [0.3, 0.4) is 0 Å². The van der Waals surface area contributed by atoms with Gasteiger partial charge in [-0.2, -0.15) is 0 Å². The summed E-state index contributed by atoms with van der Waals surface area (Å²) in [5.74, 6) is 0. The molecule has 0 saturated heterocycles. The highest BCUT2D eigenvalue weighted by Crippen LogP contribution is 2.13. The number of aliphatic hydroxyl groups excluding tert-OH is 1. The van der Waals surface area contributed by atoms with E-state index in [-0.39, 0.29) is 6.61 Å². The molecule has 3 N–H and O–H groups in total. The van der Waals surface area contributed by atoms with Crippen molar-refractivity contribution in [1.29, 1.82) is 0 Å². The molecule has 0 aliphatic carbocycles. The van der Waals surface area contributed by atoms with Crippen LogP contribution in [0.4, 0.5) is 0 Å². The van der Waals surface area contributed by atoms with Crippen molar-refractivity contribution in [2.45, 2.75) is 39.4 Å². The van der Waals surface area contributed by atoms with Crippen LogP contribution in [0, 0.1) is 0 Å². The SMILES string of the molecule is CC(C)N(CCCO)Cc1ccccc1CN. The summed E-state index contributed by atoms with van der Waals surface area (Å²) in [7, 11) is 0. The van der Waals surface area contributed by atoms with E-state index in [2.05, 4.69) is 36.9 Å². The van der Waals surface area contributed by atoms with Crippen molar-refractivity contribution < 1.29 is 5.11 Å². The molecule has 0 amide bonds. The molecular formula is C14H24N2O. The van der Waals surface area contributed by atoms with Gasteiger partial charge >= 0.3 is 0 Å². The monoisotopic (exact) mass is 236 g/mol. The number of hydrogen-bond acceptors (Lipinski definition) is 3. The molecule has 0 bridgehead atoms. The van der Waals surface area contributed by atoms with Crippen LogP contribution in [0.2, 0.25) is 0 Å². The van der Waals surface area contributed by atoms with Gasteiger partial charge in [0, 0.05) is 32.3 Å². The zero-order chi connectivity index (χ0) is 12.7. The zero-order valence-corrected chi connectivity index (χ0v) is 10.9. The van der Waals surface area contributed by atoms with Crippen molar-refractivity contribution in [1.82, 2.24) is 4.90 Å². The molecule has 0 heterocycles. The Hall–Kier alpha value is -0.900. The zero-order valence-electron chi connectivity index (χ0n) is 10.9. The van der Waals surface area contributed by atoms with E-state index in [1.165, 1.54) is 11.1 Å². The molecular weight excluding hydrogens is 212 g/mol. The first-order valence-electron chi connectivity index (χ1n) is 6.30. The molecule has 1 rings (SSSR count). The van der Waals surface area contributed by atoms with Gasteiger partial charge in [-0.1, -0.05) is 24.3 Å². The minimum Gasteiger partial charge on any atom is -0.396 e. The fraction of sp³-hybridized carbons (Fsp3) is 0.571. The summed E-state index contributed by atoms with van der Waals surface area (Å²) < 4.78 is 0. The van der Waals surface area contributed by atoms with Gasteiger partial charge in [-0.25, -0.2) is 0 Å². The van der Waals surface area contributed by atoms with Crippen LogP contribution in [0.5, 0.6) is 0 Å². The third kappa shape index (κ3) is 4.46. The van der Waals surface area contributed by atoms with Crippen molar-refractivity contribution in [3.8, 4) is 0 Å². The van der Waals surface area contributed by atoms with E-state index >= 15 is 0 Å². The van der Waals surface area contributed by atoms with Gasteiger partial charge in [-0.05, 0) is 31.4 Å². The number of hydrogen-bond donors (Lipinski definition) is 2. The van der Waals surface area contributed by atoms with E-state index in [1.807, 2.05) is 6.07 Å². The molecule has 0 spiro atoms. The van der Waals surface area contributed by atoms with Crippen LogP contribution in [0.1, 0.15) is 31.4 Å². The molecule has 0 unspecified atom stereocenters. The van der Waals surface area contributed by atoms with E-state index in [1.54, 1.807) is 0 Å². The lowest BCUT2D eigenvalue weighted by Crippen LogP contribution is -2.32. The van der Waals surface area contributed by atoms with Crippen LogP contribution in [-0.4, -0.2) is 29.2 Å². The molecule has 1 aromatic rings. The summed E-state index contributed by atoms with van der Waals surface area (Å²) in [5, 5.41) is 8.92. The normalized spacial score (nSPS) is 11.4. The molecule has 0 fully saturated rings. The van der Waals surface area contributed by atoms with Crippen molar-refractivity contribution in [2.75, 3.05) is 13.2 Å². The van der Waals surface area contributed by atoms with Crippen LogP contribution >= 0.6 is 0 Å². The Labute approximate surface area is 104 Å². The minimum absolute atomic E-state index is 0.252. The van der Waals surface area contributed by atoms with E-state index in [0.29, 0.717) is 12.6 Å². The van der Waals surface area contributed by atoms with E-state index in [9.17, 15) is 0 Å². The van der Waals surface area contributed by atoms with Gasteiger partial charge in [0.1, 0.15) is 0 Å². The fourth-order valence-corrected chi connectivity index (χ4v) is 1.92. The molecule has 96 valence electrons. The lowest BCUT2D eigenvalue weighted by Gasteiger charge is -2.27. The number of rotatable bonds is 7. The average Bonchev–Trinajstić information content (AvgIpc) is 2.34. The third-order valence-corrected chi connectivity index (χ3v) is 3.05. The lowest BCUT2D eigenvalue weighted by molar-refractivity contribution is 0.184. The Bertz CT molecular complexity index is 326. The fourth-order valence-electron chi connectivity index (χ4n) is 1.92. The maximum Gasteiger partial charge on any atom is 0.0443 e. The third-order valence-electron chi connectivity index (χ3n) is 3.05. The van der Waals surface area contributed by atoms with Crippen molar-refractivity contribution in [3.05, 3.63) is 35.4 Å². The van der Waals surface area contributed by atoms with Gasteiger partial charge in [0.05, 0.1) is 0 Å². The van der Waals surface area contributed by atoms with Gasteiger partial charge in [0.25, 0.3) is 0 Å². The van der Waals surface area contributed by atoms with Crippen molar-refractivity contribution in [3.63, 3.8) is 0 Å². The number of benzene rings is 1. The maximum atomic E-state index is 8.92. The molecule has 0 atom stereocenters. The second kappa shape index (κ2) is 7.43. The van der Waals surface area contributed by atoms with E-state index < -0.39 is 0 Å². The highest BCUT2D eigenvalue weighted by atomic mass is 16.3. The van der Waals surface area contributed by atoms with Crippen LogP contribution in [-0.2, 0) is 13.1 Å². The Morgan fingerprint density at radius 1 is 1.24 bits per heavy atom. The highest BCUT2D eigenvalue weighted by molar-refractivity contribution is 5.26. The Morgan fingerprint density at radius 2 is 1.88 bits per heavy atom. The standard InChI is InChI=1S/C14H24N2O/c1-12(2)16(8-5-9-17)11-14-7-4-3-6-13(14)10-15/h3-4,6-7,12,17H,5,8-11,15H2,1-2H3. The molecule has 17 heavy (non-hydrogen) atoms. The van der Waals surface area contributed by atoms with Gasteiger partial charge in [0.15, 0.2) is 0 Å². The highest BCUT2D eigenvalue weighted by Gasteiger charge is 2.11. The van der Waals surface area contributed by atoms with E-state index in [4.69, 9.17) is 10.8 Å². The first-order valence-corrected chi connectivity index (χ1v) is 6.30. The van der Waals surface area contributed by atoms with Gasteiger partial charge in [-0.15, -0.1) is 0 Å². The summed E-state index contributed by atoms with van der Waals surface area (Å²) in [6.45, 7) is 7.03. The maximum absolute atomic E-state index is 8.92. The molecule has 3 nitrogen and oxygen atoms in total. The second-order valence-electron chi connectivity index (χ2n) is 4.61. The number of aliphatic hydroxyl groups is 1. The first-order chi connectivity index (χ1) is 8.19. The van der Waals surface area contributed by atoms with Gasteiger partial charge in [-0.3, -0.25) is 4.90 Å². The summed E-state index contributed by atoms with van der Waals surface area (Å²) in [6, 6.07) is 8.78. The Morgan fingerprint density at radius 3 is 2.41 bits per heavy atom. The van der Waals surface area contributed by atoms with Gasteiger partial charge < -0.3 is 10.8 Å². The topological polar surface area (TPSA) is 49.5 Å².